The normalized spacial score (nSPS) is 9.03. The van der Waals surface area contributed by atoms with Crippen LogP contribution in [-0.4, -0.2) is 9.55 Å². The maximum absolute atomic E-state index is 11.5. The van der Waals surface area contributed by atoms with Crippen LogP contribution in [0.5, 0.6) is 0 Å². The minimum atomic E-state index is -0.285. The molecule has 2 aromatic heterocycles. The Bertz CT molecular complexity index is 1060. The Hall–Kier alpha value is -3.11. The van der Waals surface area contributed by atoms with Gasteiger partial charge in [-0.1, -0.05) is 37.3 Å². The quantitative estimate of drug-likeness (QED) is 0.511. The van der Waals surface area contributed by atoms with Gasteiger partial charge < -0.3 is 16.0 Å². The van der Waals surface area contributed by atoms with Gasteiger partial charge in [-0.05, 0) is 51.0 Å². The van der Waals surface area contributed by atoms with E-state index in [0.29, 0.717) is 22.1 Å². The number of nitrogen functional groups attached to an aromatic ring is 2. The minimum Gasteiger partial charge on any atom is -0.397 e. The highest BCUT2D eigenvalue weighted by Gasteiger charge is 2.11. The number of pyridine rings is 1. The van der Waals surface area contributed by atoms with Crippen LogP contribution >= 0.6 is 11.3 Å². The average Bonchev–Trinajstić information content (AvgIpc) is 3.07. The van der Waals surface area contributed by atoms with Crippen molar-refractivity contribution in [1.29, 1.82) is 5.26 Å². The fourth-order valence-corrected chi connectivity index (χ4v) is 3.08. The Labute approximate surface area is 177 Å². The molecule has 0 unspecified atom stereocenters. The molecule has 29 heavy (non-hydrogen) atoms. The molecule has 0 bridgehead atoms. The van der Waals surface area contributed by atoms with Gasteiger partial charge in [-0.2, -0.15) is 5.26 Å². The minimum absolute atomic E-state index is 0.130. The van der Waals surface area contributed by atoms with Crippen LogP contribution in [0.25, 0.3) is 10.2 Å². The van der Waals surface area contributed by atoms with E-state index in [1.54, 1.807) is 27.0 Å². The number of aryl methyl sites for hydroxylation is 1. The lowest BCUT2D eigenvalue weighted by Crippen LogP contribution is -2.24. The van der Waals surface area contributed by atoms with Crippen molar-refractivity contribution in [3.8, 4) is 6.07 Å². The molecule has 4 N–H and O–H groups in total. The van der Waals surface area contributed by atoms with Crippen molar-refractivity contribution in [3.63, 3.8) is 0 Å². The summed E-state index contributed by atoms with van der Waals surface area (Å²) in [4.78, 5) is 15.6. The number of nitrogens with two attached hydrogens (primary N) is 2. The van der Waals surface area contributed by atoms with Crippen LogP contribution in [0.2, 0.25) is 0 Å². The number of thiazole rings is 1. The molecular formula is C22H31N5OS. The Kier molecular flexibility index (Phi) is 11.0. The zero-order valence-corrected chi connectivity index (χ0v) is 19.1. The highest BCUT2D eigenvalue weighted by atomic mass is 32.1. The topological polar surface area (TPSA) is 111 Å². The van der Waals surface area contributed by atoms with Crippen molar-refractivity contribution in [2.45, 2.75) is 41.5 Å². The molecule has 3 rings (SSSR count). The van der Waals surface area contributed by atoms with E-state index in [4.69, 9.17) is 16.7 Å². The zero-order valence-electron chi connectivity index (χ0n) is 18.3. The molecule has 0 radical (unpaired) electrons. The van der Waals surface area contributed by atoms with Crippen molar-refractivity contribution in [3.05, 3.63) is 63.6 Å². The fourth-order valence-electron chi connectivity index (χ4n) is 2.25. The number of hydrogen-bond acceptors (Lipinski definition) is 6. The number of hydrogen-bond donors (Lipinski definition) is 2. The SMILES string of the molecule is C=CC.CC.Cc1c(N)c(C)n(C)c(=O)c1C#N.Cc1ccc2nc(N)sc2c1. The summed E-state index contributed by atoms with van der Waals surface area (Å²) in [6, 6.07) is 8.00. The molecule has 0 aliphatic rings. The lowest BCUT2D eigenvalue weighted by Gasteiger charge is -2.10. The van der Waals surface area contributed by atoms with Gasteiger partial charge in [0, 0.05) is 12.7 Å². The van der Waals surface area contributed by atoms with Crippen molar-refractivity contribution in [2.75, 3.05) is 11.5 Å². The number of nitriles is 1. The molecule has 0 spiro atoms. The molecule has 3 aromatic rings. The van der Waals surface area contributed by atoms with Crippen molar-refractivity contribution in [1.82, 2.24) is 9.55 Å². The van der Waals surface area contributed by atoms with E-state index < -0.39 is 0 Å². The first-order valence-electron chi connectivity index (χ1n) is 9.23. The standard InChI is InChI=1S/C9H11N3O.C8H8N2S.C3H6.C2H6/c1-5-7(4-10)9(13)12(3)6(2)8(5)11;1-5-2-3-6-7(4-5)11-8(9)10-6;1-3-2;1-2/h11H2,1-3H3;2-4H,1H3,(H2,9,10);3H,1H2,2H3;1-2H3. The molecule has 0 fully saturated rings. The van der Waals surface area contributed by atoms with Gasteiger partial charge in [0.25, 0.3) is 5.56 Å². The second kappa shape index (κ2) is 12.4. The summed E-state index contributed by atoms with van der Waals surface area (Å²) in [5, 5.41) is 9.36. The fraction of sp³-hybridized carbons (Fsp3) is 0.318. The summed E-state index contributed by atoms with van der Waals surface area (Å²) < 4.78 is 2.56. The molecule has 0 aliphatic carbocycles. The molecule has 0 aliphatic heterocycles. The van der Waals surface area contributed by atoms with E-state index in [0.717, 1.165) is 5.52 Å². The Balaban J connectivity index is 0.000000446. The first-order valence-corrected chi connectivity index (χ1v) is 10.0. The van der Waals surface area contributed by atoms with Crippen molar-refractivity contribution < 1.29 is 0 Å². The Morgan fingerprint density at radius 1 is 1.24 bits per heavy atom. The molecular weight excluding hydrogens is 382 g/mol. The number of aromatic nitrogens is 2. The van der Waals surface area contributed by atoms with Gasteiger partial charge in [0.2, 0.25) is 0 Å². The second-order valence-corrected chi connectivity index (χ2v) is 6.97. The van der Waals surface area contributed by atoms with Gasteiger partial charge in [0.1, 0.15) is 11.6 Å². The van der Waals surface area contributed by atoms with Crippen LogP contribution in [0.1, 0.15) is 43.2 Å². The summed E-state index contributed by atoms with van der Waals surface area (Å²) >= 11 is 1.53. The number of rotatable bonds is 0. The number of anilines is 2. The van der Waals surface area contributed by atoms with E-state index in [2.05, 4.69) is 24.6 Å². The van der Waals surface area contributed by atoms with Crippen LogP contribution in [0.15, 0.2) is 35.6 Å². The summed E-state index contributed by atoms with van der Waals surface area (Å²) in [6.45, 7) is 14.8. The number of fused-ring (bicyclic) bond motifs is 1. The van der Waals surface area contributed by atoms with E-state index in [1.807, 2.05) is 39.0 Å². The highest BCUT2D eigenvalue weighted by Crippen LogP contribution is 2.24. The Morgan fingerprint density at radius 3 is 2.31 bits per heavy atom. The molecule has 0 saturated heterocycles. The van der Waals surface area contributed by atoms with E-state index in [-0.39, 0.29) is 11.1 Å². The average molecular weight is 414 g/mol. The van der Waals surface area contributed by atoms with Crippen LogP contribution < -0.4 is 17.0 Å². The van der Waals surface area contributed by atoms with Gasteiger partial charge in [-0.3, -0.25) is 4.79 Å². The van der Waals surface area contributed by atoms with Gasteiger partial charge in [0.05, 0.1) is 15.9 Å². The van der Waals surface area contributed by atoms with Gasteiger partial charge >= 0.3 is 0 Å². The van der Waals surface area contributed by atoms with Crippen molar-refractivity contribution >= 4 is 32.4 Å². The third-order valence-electron chi connectivity index (χ3n) is 3.86. The summed E-state index contributed by atoms with van der Waals surface area (Å²) in [5.41, 5.74) is 15.1. The van der Waals surface area contributed by atoms with Gasteiger partial charge in [-0.25, -0.2) is 4.98 Å². The molecule has 6 nitrogen and oxygen atoms in total. The smallest absolute Gasteiger partial charge is 0.268 e. The van der Waals surface area contributed by atoms with E-state index in [9.17, 15) is 4.79 Å². The maximum atomic E-state index is 11.5. The largest absolute Gasteiger partial charge is 0.397 e. The predicted molar refractivity (Wildman–Crippen MR) is 126 cm³/mol. The molecule has 0 amide bonds. The van der Waals surface area contributed by atoms with E-state index >= 15 is 0 Å². The molecule has 156 valence electrons. The summed E-state index contributed by atoms with van der Waals surface area (Å²) in [5.74, 6) is 0. The molecule has 1 aromatic carbocycles. The predicted octanol–water partition coefficient (Wildman–Crippen LogP) is 4.86. The summed E-state index contributed by atoms with van der Waals surface area (Å²) in [7, 11) is 1.61. The van der Waals surface area contributed by atoms with Crippen LogP contribution in [-0.2, 0) is 7.05 Å². The lowest BCUT2D eigenvalue weighted by atomic mass is 10.1. The summed E-state index contributed by atoms with van der Waals surface area (Å²) in [6.07, 6.45) is 1.75. The monoisotopic (exact) mass is 413 g/mol. The highest BCUT2D eigenvalue weighted by molar-refractivity contribution is 7.22. The Morgan fingerprint density at radius 2 is 1.79 bits per heavy atom. The van der Waals surface area contributed by atoms with Gasteiger partial charge in [0.15, 0.2) is 5.13 Å². The third-order valence-corrected chi connectivity index (χ3v) is 4.71. The molecule has 0 saturated carbocycles. The molecule has 7 heteroatoms. The first kappa shape index (κ1) is 25.9. The van der Waals surface area contributed by atoms with Crippen molar-refractivity contribution in [2.24, 2.45) is 7.05 Å². The van der Waals surface area contributed by atoms with Gasteiger partial charge in [-0.15, -0.1) is 6.58 Å². The van der Waals surface area contributed by atoms with E-state index in [1.165, 1.54) is 26.2 Å². The van der Waals surface area contributed by atoms with Crippen LogP contribution in [0, 0.1) is 32.1 Å². The maximum Gasteiger partial charge on any atom is 0.268 e. The molecule has 2 heterocycles. The second-order valence-electron chi connectivity index (χ2n) is 5.91. The first-order chi connectivity index (χ1) is 13.7. The number of benzene rings is 1. The van der Waals surface area contributed by atoms with Crippen LogP contribution in [0.3, 0.4) is 0 Å². The lowest BCUT2D eigenvalue weighted by molar-refractivity contribution is 0.814. The zero-order chi connectivity index (χ0) is 22.7. The number of allylic oxidation sites excluding steroid dienone is 1. The number of nitrogens with zero attached hydrogens (tertiary/aromatic N) is 3. The molecule has 0 atom stereocenters. The van der Waals surface area contributed by atoms with Crippen LogP contribution in [0.4, 0.5) is 10.8 Å². The third kappa shape index (κ3) is 6.77.